The molecule has 0 saturated heterocycles. The van der Waals surface area contributed by atoms with Crippen molar-refractivity contribution in [2.45, 2.75) is 38.8 Å². The van der Waals surface area contributed by atoms with Crippen LogP contribution in [0.1, 0.15) is 31.5 Å². The highest BCUT2D eigenvalue weighted by Gasteiger charge is 2.21. The molecule has 0 aromatic carbocycles. The first-order valence-corrected chi connectivity index (χ1v) is 5.81. The lowest BCUT2D eigenvalue weighted by atomic mass is 10.1. The van der Waals surface area contributed by atoms with Crippen molar-refractivity contribution in [3.63, 3.8) is 0 Å². The van der Waals surface area contributed by atoms with E-state index in [1.54, 1.807) is 7.11 Å². The van der Waals surface area contributed by atoms with E-state index in [1.807, 2.05) is 0 Å². The van der Waals surface area contributed by atoms with Crippen molar-refractivity contribution >= 4 is 0 Å². The molecule has 0 radical (unpaired) electrons. The van der Waals surface area contributed by atoms with Gasteiger partial charge < -0.3 is 14.6 Å². The fraction of sp³-hybridized carbons (Fsp3) is 0.818. The smallest absolute Gasteiger partial charge is 0.227 e. The van der Waals surface area contributed by atoms with E-state index in [0.29, 0.717) is 24.4 Å². The average molecular weight is 225 g/mol. The highest BCUT2D eigenvalue weighted by Crippen LogP contribution is 2.18. The van der Waals surface area contributed by atoms with E-state index in [2.05, 4.69) is 22.4 Å². The SMILES string of the molecule is COCC(C)Cc1nc(CNC2CC2)no1. The minimum absolute atomic E-state index is 0.412. The molecular weight excluding hydrogens is 206 g/mol. The van der Waals surface area contributed by atoms with Crippen LogP contribution in [0.4, 0.5) is 0 Å². The van der Waals surface area contributed by atoms with Crippen LogP contribution in [0, 0.1) is 5.92 Å². The third kappa shape index (κ3) is 3.57. The van der Waals surface area contributed by atoms with Gasteiger partial charge in [-0.2, -0.15) is 4.98 Å². The van der Waals surface area contributed by atoms with Crippen molar-refractivity contribution in [3.05, 3.63) is 11.7 Å². The van der Waals surface area contributed by atoms with Crippen molar-refractivity contribution in [2.24, 2.45) is 5.92 Å². The molecule has 16 heavy (non-hydrogen) atoms. The van der Waals surface area contributed by atoms with Crippen molar-refractivity contribution in [3.8, 4) is 0 Å². The fourth-order valence-electron chi connectivity index (χ4n) is 1.61. The third-order valence-corrected chi connectivity index (χ3v) is 2.61. The van der Waals surface area contributed by atoms with Crippen LogP contribution in [0.3, 0.4) is 0 Å². The molecule has 5 nitrogen and oxygen atoms in total. The minimum atomic E-state index is 0.412. The minimum Gasteiger partial charge on any atom is -0.384 e. The number of nitrogens with one attached hydrogen (secondary N) is 1. The molecule has 1 aliphatic rings. The molecule has 1 fully saturated rings. The van der Waals surface area contributed by atoms with Crippen LogP contribution in [0.25, 0.3) is 0 Å². The number of methoxy groups -OCH3 is 1. The van der Waals surface area contributed by atoms with Crippen molar-refractivity contribution < 1.29 is 9.26 Å². The van der Waals surface area contributed by atoms with Crippen molar-refractivity contribution in [1.29, 1.82) is 0 Å². The first kappa shape index (κ1) is 11.5. The van der Waals surface area contributed by atoms with Crippen molar-refractivity contribution in [2.75, 3.05) is 13.7 Å². The number of rotatable bonds is 7. The molecule has 1 aliphatic carbocycles. The van der Waals surface area contributed by atoms with Gasteiger partial charge in [0, 0.05) is 26.2 Å². The number of aromatic nitrogens is 2. The van der Waals surface area contributed by atoms with Gasteiger partial charge >= 0.3 is 0 Å². The Morgan fingerprint density at radius 1 is 1.56 bits per heavy atom. The lowest BCUT2D eigenvalue weighted by Crippen LogP contribution is -2.16. The Bertz CT molecular complexity index is 323. The van der Waals surface area contributed by atoms with Gasteiger partial charge in [0.25, 0.3) is 0 Å². The van der Waals surface area contributed by atoms with Crippen LogP contribution >= 0.6 is 0 Å². The average Bonchev–Trinajstić information content (AvgIpc) is 2.98. The number of hydrogen-bond donors (Lipinski definition) is 1. The maximum Gasteiger partial charge on any atom is 0.227 e. The maximum atomic E-state index is 5.18. The van der Waals surface area contributed by atoms with Gasteiger partial charge in [-0.3, -0.25) is 0 Å². The predicted octanol–water partition coefficient (Wildman–Crippen LogP) is 1.15. The summed E-state index contributed by atoms with van der Waals surface area (Å²) in [5.41, 5.74) is 0. The molecule has 0 amide bonds. The molecule has 0 aliphatic heterocycles. The summed E-state index contributed by atoms with van der Waals surface area (Å²) in [4.78, 5) is 4.34. The van der Waals surface area contributed by atoms with Crippen molar-refractivity contribution in [1.82, 2.24) is 15.5 Å². The second-order valence-corrected chi connectivity index (χ2v) is 4.52. The molecule has 5 heteroatoms. The Balaban J connectivity index is 1.76. The zero-order valence-corrected chi connectivity index (χ0v) is 9.90. The summed E-state index contributed by atoms with van der Waals surface area (Å²) in [5, 5.41) is 7.29. The van der Waals surface area contributed by atoms with Gasteiger partial charge in [-0.15, -0.1) is 0 Å². The molecule has 90 valence electrons. The Hall–Kier alpha value is -0.940. The first-order valence-electron chi connectivity index (χ1n) is 5.81. The van der Waals surface area contributed by atoms with E-state index in [4.69, 9.17) is 9.26 Å². The van der Waals surface area contributed by atoms with Crippen LogP contribution in [-0.4, -0.2) is 29.9 Å². The van der Waals surface area contributed by atoms with E-state index < -0.39 is 0 Å². The number of hydrogen-bond acceptors (Lipinski definition) is 5. The Morgan fingerprint density at radius 2 is 2.38 bits per heavy atom. The zero-order chi connectivity index (χ0) is 11.4. The van der Waals surface area contributed by atoms with Crippen LogP contribution < -0.4 is 5.32 Å². The van der Waals surface area contributed by atoms with Gasteiger partial charge in [0.15, 0.2) is 5.82 Å². The Kier molecular flexibility index (Phi) is 3.90. The summed E-state index contributed by atoms with van der Waals surface area (Å²) < 4.78 is 10.2. The quantitative estimate of drug-likeness (QED) is 0.754. The molecule has 1 N–H and O–H groups in total. The van der Waals surface area contributed by atoms with Gasteiger partial charge in [0.05, 0.1) is 6.54 Å². The molecule has 0 spiro atoms. The predicted molar refractivity (Wildman–Crippen MR) is 58.9 cm³/mol. The summed E-state index contributed by atoms with van der Waals surface area (Å²) in [7, 11) is 1.70. The zero-order valence-electron chi connectivity index (χ0n) is 9.90. The largest absolute Gasteiger partial charge is 0.384 e. The fourth-order valence-corrected chi connectivity index (χ4v) is 1.61. The number of ether oxygens (including phenoxy) is 1. The lowest BCUT2D eigenvalue weighted by molar-refractivity contribution is 0.155. The van der Waals surface area contributed by atoms with E-state index in [-0.39, 0.29) is 0 Å². The lowest BCUT2D eigenvalue weighted by Gasteiger charge is -2.05. The van der Waals surface area contributed by atoms with Gasteiger partial charge in [-0.05, 0) is 18.8 Å². The molecular formula is C11H19N3O2. The van der Waals surface area contributed by atoms with Crippen LogP contribution in [0.5, 0.6) is 0 Å². The van der Waals surface area contributed by atoms with Gasteiger partial charge in [0.2, 0.25) is 5.89 Å². The third-order valence-electron chi connectivity index (χ3n) is 2.61. The topological polar surface area (TPSA) is 60.2 Å². The van der Waals surface area contributed by atoms with E-state index in [9.17, 15) is 0 Å². The first-order chi connectivity index (χ1) is 7.78. The van der Waals surface area contributed by atoms with Gasteiger partial charge in [0.1, 0.15) is 0 Å². The summed E-state index contributed by atoms with van der Waals surface area (Å²) in [6.07, 6.45) is 3.33. The van der Waals surface area contributed by atoms with Crippen LogP contribution in [0.15, 0.2) is 4.52 Å². The Morgan fingerprint density at radius 3 is 3.06 bits per heavy atom. The summed E-state index contributed by atoms with van der Waals surface area (Å²) in [5.74, 6) is 1.87. The van der Waals surface area contributed by atoms with Crippen LogP contribution in [0.2, 0.25) is 0 Å². The summed E-state index contributed by atoms with van der Waals surface area (Å²) in [6.45, 7) is 3.54. The van der Waals surface area contributed by atoms with Gasteiger partial charge in [-0.1, -0.05) is 12.1 Å². The molecule has 1 saturated carbocycles. The second kappa shape index (κ2) is 5.41. The van der Waals surface area contributed by atoms with E-state index in [0.717, 1.165) is 18.9 Å². The van der Waals surface area contributed by atoms with Gasteiger partial charge in [-0.25, -0.2) is 0 Å². The monoisotopic (exact) mass is 225 g/mol. The standard InChI is InChI=1S/C11H19N3O2/c1-8(7-15-2)5-11-13-10(14-16-11)6-12-9-3-4-9/h8-9,12H,3-7H2,1-2H3. The highest BCUT2D eigenvalue weighted by molar-refractivity contribution is 4.90. The molecule has 1 atom stereocenters. The molecule has 1 unspecified atom stereocenters. The van der Waals surface area contributed by atoms with Crippen LogP contribution in [-0.2, 0) is 17.7 Å². The number of nitrogens with zero attached hydrogens (tertiary/aromatic N) is 2. The highest BCUT2D eigenvalue weighted by atomic mass is 16.5. The normalized spacial score (nSPS) is 17.6. The summed E-state index contributed by atoms with van der Waals surface area (Å²) >= 11 is 0. The molecule has 0 bridgehead atoms. The molecule has 1 heterocycles. The Labute approximate surface area is 95.6 Å². The molecule has 2 rings (SSSR count). The summed E-state index contributed by atoms with van der Waals surface area (Å²) in [6, 6.07) is 0.675. The van der Waals surface area contributed by atoms with E-state index in [1.165, 1.54) is 12.8 Å². The molecule has 1 aromatic heterocycles. The maximum absolute atomic E-state index is 5.18. The molecule has 1 aromatic rings. The van der Waals surface area contributed by atoms with E-state index >= 15 is 0 Å². The second-order valence-electron chi connectivity index (χ2n) is 4.52.